The van der Waals surface area contributed by atoms with Crippen LogP contribution in [0.5, 0.6) is 0 Å². The molecule has 0 aliphatic carbocycles. The zero-order valence-corrected chi connectivity index (χ0v) is 8.19. The monoisotopic (exact) mass is 223 g/mol. The molecule has 2 N–H and O–H groups in total. The minimum absolute atomic E-state index is 0.0423. The molecule has 0 fully saturated rings. The summed E-state index contributed by atoms with van der Waals surface area (Å²) in [5.41, 5.74) is 0. The minimum atomic E-state index is -1.20. The van der Waals surface area contributed by atoms with E-state index in [-0.39, 0.29) is 12.4 Å². The molecule has 0 aromatic heterocycles. The number of nitrogens with one attached hydrogen (secondary N) is 1. The van der Waals surface area contributed by atoms with Crippen LogP contribution in [0.25, 0.3) is 0 Å². The fraction of sp³-hybridized carbons (Fsp3) is 0.667. The lowest BCUT2D eigenvalue weighted by Gasteiger charge is -2.14. The summed E-state index contributed by atoms with van der Waals surface area (Å²) in [5, 5.41) is 13.4. The van der Waals surface area contributed by atoms with E-state index in [9.17, 15) is 14.5 Å². The van der Waals surface area contributed by atoms with E-state index in [0.717, 1.165) is 0 Å². The SMILES string of the molecule is C[C@@H](NC(=O)N(CCCl)N=O)C(=O)O. The normalized spacial score (nSPS) is 11.6. The van der Waals surface area contributed by atoms with Crippen molar-refractivity contribution in [1.29, 1.82) is 0 Å². The number of carboxylic acids is 1. The summed E-state index contributed by atoms with van der Waals surface area (Å²) in [6, 6.07) is -1.96. The van der Waals surface area contributed by atoms with Gasteiger partial charge in [-0.2, -0.15) is 5.01 Å². The molecule has 0 aliphatic rings. The molecule has 0 aromatic rings. The number of carbonyl (C=O) groups excluding carboxylic acids is 1. The van der Waals surface area contributed by atoms with Crippen molar-refractivity contribution in [2.45, 2.75) is 13.0 Å². The summed E-state index contributed by atoms with van der Waals surface area (Å²) in [6.07, 6.45) is 0. The third kappa shape index (κ3) is 4.04. The number of nitroso groups, excluding NO2 is 1. The molecule has 0 aliphatic heterocycles. The number of carboxylic acid groups (broad SMARTS) is 1. The highest BCUT2D eigenvalue weighted by molar-refractivity contribution is 6.18. The zero-order valence-electron chi connectivity index (χ0n) is 7.44. The van der Waals surface area contributed by atoms with E-state index in [1.165, 1.54) is 6.92 Å². The van der Waals surface area contributed by atoms with Crippen molar-refractivity contribution in [2.24, 2.45) is 5.29 Å². The van der Waals surface area contributed by atoms with E-state index in [2.05, 4.69) is 10.6 Å². The number of rotatable bonds is 5. The Hall–Kier alpha value is -1.37. The number of hydrogen-bond acceptors (Lipinski definition) is 4. The Kier molecular flexibility index (Phi) is 5.54. The van der Waals surface area contributed by atoms with Crippen LogP contribution in [0, 0.1) is 4.91 Å². The third-order valence-corrected chi connectivity index (χ3v) is 1.51. The van der Waals surface area contributed by atoms with E-state index in [4.69, 9.17) is 16.7 Å². The van der Waals surface area contributed by atoms with Gasteiger partial charge in [-0.3, -0.25) is 4.79 Å². The summed E-state index contributed by atoms with van der Waals surface area (Å²) in [4.78, 5) is 31.5. The van der Waals surface area contributed by atoms with Crippen molar-refractivity contribution in [3.8, 4) is 0 Å². The molecule has 2 amide bonds. The van der Waals surface area contributed by atoms with E-state index < -0.39 is 18.0 Å². The molecule has 1 atom stereocenters. The van der Waals surface area contributed by atoms with Crippen LogP contribution in [0.15, 0.2) is 5.29 Å². The van der Waals surface area contributed by atoms with Gasteiger partial charge in [0.2, 0.25) is 0 Å². The van der Waals surface area contributed by atoms with E-state index >= 15 is 0 Å². The van der Waals surface area contributed by atoms with Crippen molar-refractivity contribution in [3.05, 3.63) is 4.91 Å². The van der Waals surface area contributed by atoms with Crippen molar-refractivity contribution >= 4 is 23.6 Å². The molecule has 0 spiro atoms. The molecule has 0 radical (unpaired) electrons. The average molecular weight is 224 g/mol. The van der Waals surface area contributed by atoms with Crippen molar-refractivity contribution in [2.75, 3.05) is 12.4 Å². The van der Waals surface area contributed by atoms with Crippen LogP contribution in [-0.4, -0.2) is 40.6 Å². The number of urea groups is 1. The van der Waals surface area contributed by atoms with E-state index in [1.807, 2.05) is 0 Å². The first-order valence-electron chi connectivity index (χ1n) is 3.73. The fourth-order valence-corrected chi connectivity index (χ4v) is 0.741. The van der Waals surface area contributed by atoms with Crippen LogP contribution in [-0.2, 0) is 4.79 Å². The second-order valence-corrected chi connectivity index (χ2v) is 2.78. The fourth-order valence-electron chi connectivity index (χ4n) is 0.581. The third-order valence-electron chi connectivity index (χ3n) is 1.34. The molecule has 0 saturated carbocycles. The van der Waals surface area contributed by atoms with Gasteiger partial charge in [-0.15, -0.1) is 16.5 Å². The summed E-state index contributed by atoms with van der Waals surface area (Å²) in [7, 11) is 0. The molecule has 0 aromatic carbocycles. The topological polar surface area (TPSA) is 99.1 Å². The summed E-state index contributed by atoms with van der Waals surface area (Å²) in [5.74, 6) is -1.16. The summed E-state index contributed by atoms with van der Waals surface area (Å²) >= 11 is 5.28. The van der Waals surface area contributed by atoms with Gasteiger partial charge in [0.05, 0.1) is 11.8 Å². The maximum absolute atomic E-state index is 11.1. The standard InChI is InChI=1S/C6H10ClN3O4/c1-4(5(11)12)8-6(13)10(9-14)3-2-7/h4H,2-3H2,1H3,(H,8,13)(H,11,12)/t4-/m1/s1. The second-order valence-electron chi connectivity index (χ2n) is 2.40. The zero-order chi connectivity index (χ0) is 11.1. The highest BCUT2D eigenvalue weighted by atomic mass is 35.5. The van der Waals surface area contributed by atoms with Gasteiger partial charge >= 0.3 is 12.0 Å². The molecule has 7 nitrogen and oxygen atoms in total. The second kappa shape index (κ2) is 6.14. The van der Waals surface area contributed by atoms with Gasteiger partial charge in [0.15, 0.2) is 0 Å². The molecule has 0 bridgehead atoms. The Morgan fingerprint density at radius 3 is 2.57 bits per heavy atom. The molecule has 0 saturated heterocycles. The highest BCUT2D eigenvalue weighted by Crippen LogP contribution is 1.93. The number of carbonyl (C=O) groups is 2. The van der Waals surface area contributed by atoms with Gasteiger partial charge in [-0.1, -0.05) is 0 Å². The first kappa shape index (κ1) is 12.6. The summed E-state index contributed by atoms with van der Waals surface area (Å²) in [6.45, 7) is 1.20. The number of alkyl halides is 1. The Balaban J connectivity index is 4.16. The Bertz CT molecular complexity index is 235. The van der Waals surface area contributed by atoms with Crippen molar-refractivity contribution in [1.82, 2.24) is 10.3 Å². The Labute approximate surface area is 85.0 Å². The predicted molar refractivity (Wildman–Crippen MR) is 48.9 cm³/mol. The molecule has 0 heterocycles. The van der Waals surface area contributed by atoms with Gasteiger partial charge < -0.3 is 10.4 Å². The maximum atomic E-state index is 11.1. The largest absolute Gasteiger partial charge is 0.480 e. The Morgan fingerprint density at radius 1 is 1.64 bits per heavy atom. The van der Waals surface area contributed by atoms with Gasteiger partial charge in [0.25, 0.3) is 0 Å². The number of amides is 2. The summed E-state index contributed by atoms with van der Waals surface area (Å²) < 4.78 is 0. The highest BCUT2D eigenvalue weighted by Gasteiger charge is 2.19. The average Bonchev–Trinajstić information content (AvgIpc) is 2.13. The van der Waals surface area contributed by atoms with Gasteiger partial charge in [0.1, 0.15) is 6.04 Å². The number of nitrogens with zero attached hydrogens (tertiary/aromatic N) is 2. The first-order chi connectivity index (χ1) is 6.52. The molecule has 14 heavy (non-hydrogen) atoms. The van der Waals surface area contributed by atoms with Crippen LogP contribution in [0.1, 0.15) is 6.92 Å². The quantitative estimate of drug-likeness (QED) is 0.400. The van der Waals surface area contributed by atoms with Crippen LogP contribution in [0.2, 0.25) is 0 Å². The molecule has 0 unspecified atom stereocenters. The van der Waals surface area contributed by atoms with E-state index in [0.29, 0.717) is 5.01 Å². The number of hydrogen-bond donors (Lipinski definition) is 2. The first-order valence-corrected chi connectivity index (χ1v) is 4.26. The smallest absolute Gasteiger partial charge is 0.341 e. The molecule has 80 valence electrons. The number of aliphatic carboxylic acids is 1. The van der Waals surface area contributed by atoms with Crippen LogP contribution in [0.3, 0.4) is 0 Å². The van der Waals surface area contributed by atoms with Gasteiger partial charge in [-0.25, -0.2) is 4.79 Å². The lowest BCUT2D eigenvalue weighted by molar-refractivity contribution is -0.138. The maximum Gasteiger partial charge on any atom is 0.341 e. The van der Waals surface area contributed by atoms with Gasteiger partial charge in [0, 0.05) is 5.88 Å². The van der Waals surface area contributed by atoms with Crippen LogP contribution < -0.4 is 5.32 Å². The van der Waals surface area contributed by atoms with Crippen molar-refractivity contribution in [3.63, 3.8) is 0 Å². The molecule has 8 heteroatoms. The van der Waals surface area contributed by atoms with Crippen LogP contribution in [0.4, 0.5) is 4.79 Å². The minimum Gasteiger partial charge on any atom is -0.480 e. The lowest BCUT2D eigenvalue weighted by atomic mass is 10.3. The number of halogens is 1. The van der Waals surface area contributed by atoms with Crippen molar-refractivity contribution < 1.29 is 14.7 Å². The molecule has 0 rings (SSSR count). The van der Waals surface area contributed by atoms with Crippen LogP contribution >= 0.6 is 11.6 Å². The Morgan fingerprint density at radius 2 is 2.21 bits per heavy atom. The molecular formula is C6H10ClN3O4. The van der Waals surface area contributed by atoms with E-state index in [1.54, 1.807) is 0 Å². The molecular weight excluding hydrogens is 214 g/mol. The lowest BCUT2D eigenvalue weighted by Crippen LogP contribution is -2.45. The predicted octanol–water partition coefficient (Wildman–Crippen LogP) is 0.391. The van der Waals surface area contributed by atoms with Gasteiger partial charge in [-0.05, 0) is 6.92 Å².